The Morgan fingerprint density at radius 3 is 2.59 bits per heavy atom. The van der Waals surface area contributed by atoms with Gasteiger partial charge in [0, 0.05) is 44.6 Å². The molecule has 3 fully saturated rings. The SMILES string of the molecule is CN1[C@@H]2CCN(C(=O)c3ccsc3)C[C@@]2(C(=O)N2CCCC2)CCS1(=O)=O. The summed E-state index contributed by atoms with van der Waals surface area (Å²) in [7, 11) is -1.76. The first-order valence-electron chi connectivity index (χ1n) is 9.42. The second-order valence-electron chi connectivity index (χ2n) is 7.78. The highest BCUT2D eigenvalue weighted by Gasteiger charge is 2.58. The van der Waals surface area contributed by atoms with Gasteiger partial charge in [0.2, 0.25) is 15.9 Å². The van der Waals surface area contributed by atoms with Crippen molar-refractivity contribution in [3.63, 3.8) is 0 Å². The summed E-state index contributed by atoms with van der Waals surface area (Å²) in [5, 5.41) is 3.69. The van der Waals surface area contributed by atoms with Crippen LogP contribution in [0.3, 0.4) is 0 Å². The van der Waals surface area contributed by atoms with Gasteiger partial charge in [-0.1, -0.05) is 0 Å². The summed E-state index contributed by atoms with van der Waals surface area (Å²) in [6.07, 6.45) is 2.74. The summed E-state index contributed by atoms with van der Waals surface area (Å²) in [6.45, 7) is 2.21. The lowest BCUT2D eigenvalue weighted by molar-refractivity contribution is -0.148. The molecule has 2 amide bonds. The molecule has 1 aromatic rings. The highest BCUT2D eigenvalue weighted by Crippen LogP contribution is 2.44. The lowest BCUT2D eigenvalue weighted by Crippen LogP contribution is -2.67. The number of rotatable bonds is 2. The van der Waals surface area contributed by atoms with Crippen molar-refractivity contribution >= 4 is 33.2 Å². The van der Waals surface area contributed by atoms with Crippen molar-refractivity contribution in [2.24, 2.45) is 5.41 Å². The van der Waals surface area contributed by atoms with Crippen LogP contribution in [0.15, 0.2) is 16.8 Å². The normalized spacial score (nSPS) is 30.9. The van der Waals surface area contributed by atoms with Gasteiger partial charge >= 0.3 is 0 Å². The quantitative estimate of drug-likeness (QED) is 0.734. The van der Waals surface area contributed by atoms with Crippen LogP contribution < -0.4 is 0 Å². The van der Waals surface area contributed by atoms with Gasteiger partial charge in [0.15, 0.2) is 0 Å². The van der Waals surface area contributed by atoms with Crippen LogP contribution in [0.2, 0.25) is 0 Å². The zero-order chi connectivity index (χ0) is 19.2. The van der Waals surface area contributed by atoms with Crippen LogP contribution in [-0.2, 0) is 14.8 Å². The molecule has 148 valence electrons. The Hall–Kier alpha value is -1.45. The second-order valence-corrected chi connectivity index (χ2v) is 10.7. The largest absolute Gasteiger partial charge is 0.342 e. The molecule has 0 bridgehead atoms. The maximum Gasteiger partial charge on any atom is 0.254 e. The molecule has 0 unspecified atom stereocenters. The van der Waals surface area contributed by atoms with Gasteiger partial charge in [-0.3, -0.25) is 9.59 Å². The zero-order valence-electron chi connectivity index (χ0n) is 15.5. The van der Waals surface area contributed by atoms with E-state index in [2.05, 4.69) is 0 Å². The minimum Gasteiger partial charge on any atom is -0.342 e. The third-order valence-corrected chi connectivity index (χ3v) is 8.88. The average Bonchev–Trinajstić information content (AvgIpc) is 3.37. The van der Waals surface area contributed by atoms with E-state index in [4.69, 9.17) is 0 Å². The number of carbonyl (C=O) groups is 2. The molecule has 0 aromatic carbocycles. The van der Waals surface area contributed by atoms with Crippen LogP contribution in [0.1, 0.15) is 36.0 Å². The molecule has 4 heterocycles. The van der Waals surface area contributed by atoms with Crippen LogP contribution in [0, 0.1) is 5.41 Å². The van der Waals surface area contributed by atoms with E-state index in [-0.39, 0.29) is 30.0 Å². The molecule has 0 radical (unpaired) electrons. The molecule has 3 aliphatic rings. The van der Waals surface area contributed by atoms with Gasteiger partial charge in [-0.15, -0.1) is 0 Å². The zero-order valence-corrected chi connectivity index (χ0v) is 17.1. The first-order chi connectivity index (χ1) is 12.8. The van der Waals surface area contributed by atoms with E-state index in [1.807, 2.05) is 15.7 Å². The molecule has 0 spiro atoms. The van der Waals surface area contributed by atoms with Crippen molar-refractivity contribution < 1.29 is 18.0 Å². The molecule has 0 saturated carbocycles. The Bertz CT molecular complexity index is 833. The number of hydrogen-bond acceptors (Lipinski definition) is 5. The van der Waals surface area contributed by atoms with Crippen molar-refractivity contribution in [2.45, 2.75) is 31.7 Å². The number of sulfonamides is 1. The molecule has 3 aliphatic heterocycles. The molecule has 0 aliphatic carbocycles. The minimum atomic E-state index is -3.35. The molecular weight excluding hydrogens is 386 g/mol. The van der Waals surface area contributed by atoms with Crippen molar-refractivity contribution in [1.29, 1.82) is 0 Å². The fraction of sp³-hybridized carbons (Fsp3) is 0.667. The monoisotopic (exact) mass is 411 g/mol. The number of nitrogens with zero attached hydrogens (tertiary/aromatic N) is 3. The third-order valence-electron chi connectivity index (χ3n) is 6.34. The molecule has 4 rings (SSSR count). The number of thiophene rings is 1. The number of amides is 2. The molecule has 3 saturated heterocycles. The molecule has 7 nitrogen and oxygen atoms in total. The molecule has 9 heteroatoms. The number of carbonyl (C=O) groups excluding carboxylic acids is 2. The summed E-state index contributed by atoms with van der Waals surface area (Å²) in [5.74, 6) is -0.0889. The molecule has 0 N–H and O–H groups in total. The lowest BCUT2D eigenvalue weighted by Gasteiger charge is -2.53. The van der Waals surface area contributed by atoms with Gasteiger partial charge in [-0.25, -0.2) is 12.7 Å². The van der Waals surface area contributed by atoms with Gasteiger partial charge in [0.25, 0.3) is 5.91 Å². The van der Waals surface area contributed by atoms with E-state index in [0.717, 1.165) is 25.9 Å². The molecule has 27 heavy (non-hydrogen) atoms. The highest BCUT2D eigenvalue weighted by molar-refractivity contribution is 7.89. The predicted octanol–water partition coefficient (Wildman–Crippen LogP) is 1.24. The van der Waals surface area contributed by atoms with E-state index in [9.17, 15) is 18.0 Å². The minimum absolute atomic E-state index is 0.0227. The van der Waals surface area contributed by atoms with E-state index in [1.165, 1.54) is 15.6 Å². The van der Waals surface area contributed by atoms with Crippen LogP contribution in [0.25, 0.3) is 0 Å². The molecule has 1 aromatic heterocycles. The summed E-state index contributed by atoms with van der Waals surface area (Å²) in [5.41, 5.74) is -0.201. The van der Waals surface area contributed by atoms with E-state index in [1.54, 1.807) is 18.0 Å². The van der Waals surface area contributed by atoms with E-state index in [0.29, 0.717) is 25.1 Å². The number of piperidine rings is 1. The highest BCUT2D eigenvalue weighted by atomic mass is 32.2. The first kappa shape index (κ1) is 18.9. The predicted molar refractivity (Wildman–Crippen MR) is 103 cm³/mol. The first-order valence-corrected chi connectivity index (χ1v) is 12.0. The summed E-state index contributed by atoms with van der Waals surface area (Å²) >= 11 is 1.47. The molecule has 2 atom stereocenters. The van der Waals surface area contributed by atoms with Gasteiger partial charge in [0.1, 0.15) is 0 Å². The fourth-order valence-corrected chi connectivity index (χ4v) is 7.03. The number of fused-ring (bicyclic) bond motifs is 1. The average molecular weight is 412 g/mol. The fourth-order valence-electron chi connectivity index (χ4n) is 4.80. The van der Waals surface area contributed by atoms with Gasteiger partial charge < -0.3 is 9.80 Å². The maximum atomic E-state index is 13.5. The van der Waals surface area contributed by atoms with Crippen molar-refractivity contribution in [3.8, 4) is 0 Å². The van der Waals surface area contributed by atoms with Crippen molar-refractivity contribution in [2.75, 3.05) is 39.0 Å². The Kier molecular flexibility index (Phi) is 4.80. The van der Waals surface area contributed by atoms with Crippen LogP contribution >= 0.6 is 11.3 Å². The van der Waals surface area contributed by atoms with Crippen molar-refractivity contribution in [3.05, 3.63) is 22.4 Å². The number of hydrogen-bond donors (Lipinski definition) is 0. The molecular formula is C18H25N3O4S2. The summed E-state index contributed by atoms with van der Waals surface area (Å²) in [6, 6.07) is 1.42. The van der Waals surface area contributed by atoms with Crippen LogP contribution in [0.4, 0.5) is 0 Å². The standard InChI is InChI=1S/C18H25N3O4S2/c1-19-15-4-9-21(16(22)14-5-10-26-12-14)13-18(15,6-11-27(19,24)25)17(23)20-7-2-3-8-20/h5,10,12,15H,2-4,6-9,11,13H2,1H3/t15-,18+/m1/s1. The summed E-state index contributed by atoms with van der Waals surface area (Å²) in [4.78, 5) is 30.1. The number of likely N-dealkylation sites (tertiary alicyclic amines) is 2. The van der Waals surface area contributed by atoms with Gasteiger partial charge in [-0.2, -0.15) is 11.3 Å². The topological polar surface area (TPSA) is 78.0 Å². The van der Waals surface area contributed by atoms with Crippen LogP contribution in [-0.4, -0.2) is 79.4 Å². The van der Waals surface area contributed by atoms with E-state index < -0.39 is 15.4 Å². The Labute approximate surface area is 164 Å². The third kappa shape index (κ3) is 3.09. The van der Waals surface area contributed by atoms with Gasteiger partial charge in [0.05, 0.1) is 16.7 Å². The maximum absolute atomic E-state index is 13.5. The second kappa shape index (κ2) is 6.86. The smallest absolute Gasteiger partial charge is 0.254 e. The Balaban J connectivity index is 1.68. The lowest BCUT2D eigenvalue weighted by atomic mass is 9.71. The Morgan fingerprint density at radius 1 is 1.19 bits per heavy atom. The van der Waals surface area contributed by atoms with Crippen molar-refractivity contribution in [1.82, 2.24) is 14.1 Å². The van der Waals surface area contributed by atoms with Crippen LogP contribution in [0.5, 0.6) is 0 Å². The van der Waals surface area contributed by atoms with E-state index >= 15 is 0 Å². The van der Waals surface area contributed by atoms with Gasteiger partial charge in [-0.05, 0) is 37.1 Å². The summed E-state index contributed by atoms with van der Waals surface area (Å²) < 4.78 is 26.3. The Morgan fingerprint density at radius 2 is 1.93 bits per heavy atom.